The van der Waals surface area contributed by atoms with Crippen molar-refractivity contribution >= 4 is 11.7 Å². The van der Waals surface area contributed by atoms with Crippen molar-refractivity contribution in [2.75, 3.05) is 5.73 Å². The molecule has 1 aromatic heterocycles. The number of nitrogen functional groups attached to an aromatic ring is 1. The molecule has 1 aromatic rings. The lowest BCUT2D eigenvalue weighted by Gasteiger charge is -2.37. The molecule has 5 nitrogen and oxygen atoms in total. The molecule has 0 saturated heterocycles. The van der Waals surface area contributed by atoms with Crippen LogP contribution in [0, 0.1) is 17.8 Å². The maximum absolute atomic E-state index is 11.1. The average molecular weight is 292 g/mol. The van der Waals surface area contributed by atoms with Gasteiger partial charge in [-0.3, -0.25) is 0 Å². The molecule has 21 heavy (non-hydrogen) atoms. The van der Waals surface area contributed by atoms with Gasteiger partial charge in [-0.15, -0.1) is 0 Å². The van der Waals surface area contributed by atoms with Gasteiger partial charge in [-0.1, -0.05) is 27.2 Å². The third kappa shape index (κ3) is 3.46. The Morgan fingerprint density at radius 1 is 1.48 bits per heavy atom. The minimum absolute atomic E-state index is 0.0463. The van der Waals surface area contributed by atoms with Gasteiger partial charge in [0.25, 0.3) is 0 Å². The Morgan fingerprint density at radius 2 is 2.19 bits per heavy atom. The summed E-state index contributed by atoms with van der Waals surface area (Å²) in [5.41, 5.74) is 6.05. The highest BCUT2D eigenvalue weighted by Crippen LogP contribution is 2.37. The standard InChI is InChI=1S/C16H24N2O3/c1-9(2)11-5-4-10(3)8-13(11)21-15-14(17)12(16(19)20)6-7-18-15/h6-7,9-11,13H,4-5,8,17H2,1-3H3,(H,19,20). The largest absolute Gasteiger partial charge is 0.478 e. The molecule has 116 valence electrons. The van der Waals surface area contributed by atoms with Crippen molar-refractivity contribution in [1.29, 1.82) is 0 Å². The topological polar surface area (TPSA) is 85.4 Å². The highest BCUT2D eigenvalue weighted by molar-refractivity contribution is 5.94. The summed E-state index contributed by atoms with van der Waals surface area (Å²) in [5, 5.41) is 9.11. The zero-order valence-electron chi connectivity index (χ0n) is 12.9. The van der Waals surface area contributed by atoms with E-state index in [-0.39, 0.29) is 23.2 Å². The monoisotopic (exact) mass is 292 g/mol. The Kier molecular flexibility index (Phi) is 4.70. The molecule has 1 heterocycles. The summed E-state index contributed by atoms with van der Waals surface area (Å²) in [7, 11) is 0. The van der Waals surface area contributed by atoms with E-state index in [9.17, 15) is 4.79 Å². The zero-order valence-corrected chi connectivity index (χ0v) is 12.9. The predicted octanol–water partition coefficient (Wildman–Crippen LogP) is 3.20. The van der Waals surface area contributed by atoms with Crippen molar-refractivity contribution in [3.8, 4) is 5.88 Å². The smallest absolute Gasteiger partial charge is 0.338 e. The lowest BCUT2D eigenvalue weighted by atomic mass is 9.75. The Bertz CT molecular complexity index is 516. The Labute approximate surface area is 125 Å². The normalized spacial score (nSPS) is 25.8. The van der Waals surface area contributed by atoms with E-state index in [1.807, 2.05) is 0 Å². The van der Waals surface area contributed by atoms with E-state index in [1.165, 1.54) is 18.7 Å². The minimum Gasteiger partial charge on any atom is -0.478 e. The number of ether oxygens (including phenoxy) is 1. The van der Waals surface area contributed by atoms with E-state index < -0.39 is 5.97 Å². The Balaban J connectivity index is 2.23. The van der Waals surface area contributed by atoms with Gasteiger partial charge < -0.3 is 15.6 Å². The number of aromatic nitrogens is 1. The number of hydrogen-bond donors (Lipinski definition) is 2. The molecule has 5 heteroatoms. The summed E-state index contributed by atoms with van der Waals surface area (Å²) in [5.74, 6) is 0.771. The maximum atomic E-state index is 11.1. The number of nitrogens with two attached hydrogens (primary N) is 1. The van der Waals surface area contributed by atoms with Gasteiger partial charge in [0, 0.05) is 6.20 Å². The lowest BCUT2D eigenvalue weighted by Crippen LogP contribution is -2.36. The van der Waals surface area contributed by atoms with E-state index in [0.29, 0.717) is 17.8 Å². The van der Waals surface area contributed by atoms with Crippen LogP contribution < -0.4 is 10.5 Å². The van der Waals surface area contributed by atoms with Gasteiger partial charge in [-0.05, 0) is 36.7 Å². The molecule has 3 N–H and O–H groups in total. The van der Waals surface area contributed by atoms with E-state index in [1.54, 1.807) is 0 Å². The van der Waals surface area contributed by atoms with Crippen molar-refractivity contribution in [3.05, 3.63) is 17.8 Å². The van der Waals surface area contributed by atoms with Crippen molar-refractivity contribution in [1.82, 2.24) is 4.98 Å². The molecule has 2 rings (SSSR count). The van der Waals surface area contributed by atoms with Crippen LogP contribution in [0.15, 0.2) is 12.3 Å². The number of pyridine rings is 1. The number of anilines is 1. The summed E-state index contributed by atoms with van der Waals surface area (Å²) in [6, 6.07) is 1.40. The number of carbonyl (C=O) groups is 1. The second-order valence-electron chi connectivity index (χ2n) is 6.36. The Hall–Kier alpha value is -1.78. The maximum Gasteiger partial charge on any atom is 0.338 e. The first-order valence-corrected chi connectivity index (χ1v) is 7.54. The summed E-state index contributed by atoms with van der Waals surface area (Å²) in [6.07, 6.45) is 4.78. The summed E-state index contributed by atoms with van der Waals surface area (Å²) >= 11 is 0. The van der Waals surface area contributed by atoms with Gasteiger partial charge >= 0.3 is 5.97 Å². The van der Waals surface area contributed by atoms with Crippen LogP contribution in [0.1, 0.15) is 50.4 Å². The molecule has 0 bridgehead atoms. The summed E-state index contributed by atoms with van der Waals surface area (Å²) in [4.78, 5) is 15.3. The highest BCUT2D eigenvalue weighted by atomic mass is 16.5. The van der Waals surface area contributed by atoms with Gasteiger partial charge in [-0.2, -0.15) is 0 Å². The molecule has 0 spiro atoms. The number of aromatic carboxylic acids is 1. The van der Waals surface area contributed by atoms with Crippen LogP contribution in [0.4, 0.5) is 5.69 Å². The van der Waals surface area contributed by atoms with Crippen molar-refractivity contribution in [2.45, 2.75) is 46.1 Å². The molecule has 1 aliphatic rings. The molecule has 0 radical (unpaired) electrons. The molecule has 0 amide bonds. The number of carboxylic acid groups (broad SMARTS) is 1. The number of nitrogens with zero attached hydrogens (tertiary/aromatic N) is 1. The fraction of sp³-hybridized carbons (Fsp3) is 0.625. The Morgan fingerprint density at radius 3 is 2.81 bits per heavy atom. The molecular weight excluding hydrogens is 268 g/mol. The molecule has 1 aliphatic carbocycles. The second kappa shape index (κ2) is 6.33. The van der Waals surface area contributed by atoms with E-state index in [2.05, 4.69) is 25.8 Å². The van der Waals surface area contributed by atoms with Gasteiger partial charge in [0.15, 0.2) is 0 Å². The first-order chi connectivity index (χ1) is 9.90. The fourth-order valence-electron chi connectivity index (χ4n) is 3.13. The molecule has 3 unspecified atom stereocenters. The van der Waals surface area contributed by atoms with Crippen molar-refractivity contribution in [2.24, 2.45) is 17.8 Å². The molecular formula is C16H24N2O3. The summed E-state index contributed by atoms with van der Waals surface area (Å²) < 4.78 is 6.02. The average Bonchev–Trinajstić information content (AvgIpc) is 2.40. The second-order valence-corrected chi connectivity index (χ2v) is 6.36. The molecule has 3 atom stereocenters. The lowest BCUT2D eigenvalue weighted by molar-refractivity contribution is 0.0430. The van der Waals surface area contributed by atoms with Crippen molar-refractivity contribution in [3.63, 3.8) is 0 Å². The van der Waals surface area contributed by atoms with Crippen LogP contribution in [-0.4, -0.2) is 22.2 Å². The van der Waals surface area contributed by atoms with Crippen LogP contribution >= 0.6 is 0 Å². The third-order valence-electron chi connectivity index (χ3n) is 4.41. The van der Waals surface area contributed by atoms with Crippen LogP contribution in [0.2, 0.25) is 0 Å². The van der Waals surface area contributed by atoms with Gasteiger partial charge in [0.05, 0.1) is 5.56 Å². The molecule has 1 fully saturated rings. The van der Waals surface area contributed by atoms with Gasteiger partial charge in [-0.25, -0.2) is 9.78 Å². The number of rotatable bonds is 4. The van der Waals surface area contributed by atoms with E-state index >= 15 is 0 Å². The highest BCUT2D eigenvalue weighted by Gasteiger charge is 2.33. The van der Waals surface area contributed by atoms with E-state index in [0.717, 1.165) is 12.8 Å². The molecule has 0 aromatic carbocycles. The van der Waals surface area contributed by atoms with Gasteiger partial charge in [0.2, 0.25) is 5.88 Å². The van der Waals surface area contributed by atoms with Crippen LogP contribution in [0.3, 0.4) is 0 Å². The minimum atomic E-state index is -1.06. The van der Waals surface area contributed by atoms with Crippen molar-refractivity contribution < 1.29 is 14.6 Å². The van der Waals surface area contributed by atoms with E-state index in [4.69, 9.17) is 15.6 Å². The predicted molar refractivity (Wildman–Crippen MR) is 81.4 cm³/mol. The molecule has 0 aliphatic heterocycles. The number of carboxylic acids is 1. The van der Waals surface area contributed by atoms with Crippen LogP contribution in [0.25, 0.3) is 0 Å². The SMILES string of the molecule is CC1CCC(C(C)C)C(Oc2nccc(C(=O)O)c2N)C1. The zero-order chi connectivity index (χ0) is 15.6. The first kappa shape index (κ1) is 15.6. The first-order valence-electron chi connectivity index (χ1n) is 7.54. The van der Waals surface area contributed by atoms with Crippen LogP contribution in [0.5, 0.6) is 5.88 Å². The molecule has 1 saturated carbocycles. The summed E-state index contributed by atoms with van der Waals surface area (Å²) in [6.45, 7) is 6.61. The fourth-order valence-corrected chi connectivity index (χ4v) is 3.13. The van der Waals surface area contributed by atoms with Crippen LogP contribution in [-0.2, 0) is 0 Å². The van der Waals surface area contributed by atoms with Gasteiger partial charge in [0.1, 0.15) is 11.8 Å². The number of hydrogen-bond acceptors (Lipinski definition) is 4. The quantitative estimate of drug-likeness (QED) is 0.890. The third-order valence-corrected chi connectivity index (χ3v) is 4.41.